The van der Waals surface area contributed by atoms with Crippen molar-refractivity contribution in [2.75, 3.05) is 0 Å². The van der Waals surface area contributed by atoms with E-state index in [4.69, 9.17) is 17.3 Å². The minimum absolute atomic E-state index is 0.270. The van der Waals surface area contributed by atoms with E-state index in [1.807, 2.05) is 24.3 Å². The Morgan fingerprint density at radius 3 is 2.85 bits per heavy atom. The zero-order chi connectivity index (χ0) is 14.9. The SMILES string of the molecule is CC(C(=O)O)N1C(=O)/C(=C/c2cccc(Br)c2)SC1=S. The molecule has 1 N–H and O–H groups in total. The van der Waals surface area contributed by atoms with Crippen molar-refractivity contribution in [2.45, 2.75) is 13.0 Å². The van der Waals surface area contributed by atoms with E-state index in [0.717, 1.165) is 26.7 Å². The Bertz CT molecular complexity index is 630. The van der Waals surface area contributed by atoms with Crippen LogP contribution in [0.15, 0.2) is 33.6 Å². The smallest absolute Gasteiger partial charge is 0.326 e. The van der Waals surface area contributed by atoms with E-state index in [0.29, 0.717) is 4.91 Å². The number of thioether (sulfide) groups is 1. The highest BCUT2D eigenvalue weighted by atomic mass is 79.9. The Morgan fingerprint density at radius 2 is 2.25 bits per heavy atom. The number of hydrogen-bond donors (Lipinski definition) is 1. The number of carboxylic acid groups (broad SMARTS) is 1. The zero-order valence-electron chi connectivity index (χ0n) is 10.4. The quantitative estimate of drug-likeness (QED) is 0.653. The van der Waals surface area contributed by atoms with Gasteiger partial charge in [0.05, 0.1) is 4.91 Å². The molecule has 0 bridgehead atoms. The van der Waals surface area contributed by atoms with Crippen LogP contribution < -0.4 is 0 Å². The molecular weight excluding hydrogens is 362 g/mol. The number of carboxylic acids is 1. The van der Waals surface area contributed by atoms with E-state index in [1.54, 1.807) is 6.08 Å². The number of aliphatic carboxylic acids is 1. The molecule has 1 saturated heterocycles. The predicted molar refractivity (Wildman–Crippen MR) is 86.3 cm³/mol. The summed E-state index contributed by atoms with van der Waals surface area (Å²) in [5, 5.41) is 9.00. The minimum atomic E-state index is -1.08. The van der Waals surface area contributed by atoms with E-state index in [9.17, 15) is 9.59 Å². The van der Waals surface area contributed by atoms with Gasteiger partial charge in [-0.3, -0.25) is 9.69 Å². The van der Waals surface area contributed by atoms with Crippen LogP contribution in [0.25, 0.3) is 6.08 Å². The third kappa shape index (κ3) is 3.11. The number of amides is 1. The summed E-state index contributed by atoms with van der Waals surface area (Å²) < 4.78 is 1.17. The summed E-state index contributed by atoms with van der Waals surface area (Å²) >= 11 is 9.56. The molecule has 1 fully saturated rings. The van der Waals surface area contributed by atoms with Crippen molar-refractivity contribution in [3.8, 4) is 0 Å². The first-order valence-corrected chi connectivity index (χ1v) is 7.67. The van der Waals surface area contributed by atoms with Crippen molar-refractivity contribution in [3.63, 3.8) is 0 Å². The van der Waals surface area contributed by atoms with E-state index in [1.165, 1.54) is 6.92 Å². The van der Waals surface area contributed by atoms with Gasteiger partial charge in [-0.2, -0.15) is 0 Å². The average Bonchev–Trinajstić information content (AvgIpc) is 2.63. The summed E-state index contributed by atoms with van der Waals surface area (Å²) in [6.45, 7) is 1.44. The highest BCUT2D eigenvalue weighted by molar-refractivity contribution is 9.10. The fourth-order valence-corrected chi connectivity index (χ4v) is 3.51. The highest BCUT2D eigenvalue weighted by Gasteiger charge is 2.38. The number of benzene rings is 1. The van der Waals surface area contributed by atoms with E-state index in [2.05, 4.69) is 15.9 Å². The lowest BCUT2D eigenvalue weighted by atomic mass is 10.2. The Morgan fingerprint density at radius 1 is 1.55 bits per heavy atom. The van der Waals surface area contributed by atoms with Crippen LogP contribution in [0.5, 0.6) is 0 Å². The molecule has 1 aliphatic heterocycles. The van der Waals surface area contributed by atoms with Crippen LogP contribution in [0.2, 0.25) is 0 Å². The summed E-state index contributed by atoms with van der Waals surface area (Å²) in [4.78, 5) is 24.8. The van der Waals surface area contributed by atoms with Gasteiger partial charge in [0.25, 0.3) is 5.91 Å². The maximum Gasteiger partial charge on any atom is 0.326 e. The van der Waals surface area contributed by atoms with Gasteiger partial charge in [-0.1, -0.05) is 52.0 Å². The number of thiocarbonyl (C=S) groups is 1. The molecule has 4 nitrogen and oxygen atoms in total. The molecule has 0 aliphatic carbocycles. The molecule has 1 unspecified atom stereocenters. The highest BCUT2D eigenvalue weighted by Crippen LogP contribution is 2.34. The van der Waals surface area contributed by atoms with Crippen LogP contribution in [0.4, 0.5) is 0 Å². The monoisotopic (exact) mass is 371 g/mol. The van der Waals surface area contributed by atoms with Crippen molar-refractivity contribution >= 4 is 62.2 Å². The van der Waals surface area contributed by atoms with Gasteiger partial charge in [-0.15, -0.1) is 0 Å². The third-order valence-electron chi connectivity index (χ3n) is 2.71. The van der Waals surface area contributed by atoms with Gasteiger partial charge in [-0.05, 0) is 30.7 Å². The molecule has 0 saturated carbocycles. The summed E-state index contributed by atoms with van der Waals surface area (Å²) in [5.74, 6) is -1.44. The summed E-state index contributed by atoms with van der Waals surface area (Å²) in [6, 6.07) is 6.51. The Labute approximate surface area is 134 Å². The molecule has 2 rings (SSSR count). The van der Waals surface area contributed by atoms with Crippen LogP contribution in [0.1, 0.15) is 12.5 Å². The van der Waals surface area contributed by atoms with Gasteiger partial charge >= 0.3 is 5.97 Å². The molecule has 1 heterocycles. The predicted octanol–water partition coefficient (Wildman–Crippen LogP) is 3.12. The van der Waals surface area contributed by atoms with Crippen molar-refractivity contribution in [1.29, 1.82) is 0 Å². The van der Waals surface area contributed by atoms with Gasteiger partial charge in [0, 0.05) is 4.47 Å². The number of hydrogen-bond acceptors (Lipinski definition) is 4. The first kappa shape index (κ1) is 15.2. The molecule has 1 aromatic carbocycles. The molecular formula is C13H10BrNO3S2. The van der Waals surface area contributed by atoms with E-state index in [-0.39, 0.29) is 10.2 Å². The summed E-state index contributed by atoms with van der Waals surface area (Å²) in [5.41, 5.74) is 0.850. The normalized spacial score (nSPS) is 18.7. The maximum absolute atomic E-state index is 12.2. The molecule has 1 atom stereocenters. The molecule has 20 heavy (non-hydrogen) atoms. The molecule has 0 aromatic heterocycles. The largest absolute Gasteiger partial charge is 0.480 e. The standard InChI is InChI=1S/C13H10BrNO3S2/c1-7(12(17)18)15-11(16)10(20-13(15)19)6-8-3-2-4-9(14)5-8/h2-7H,1H3,(H,17,18)/b10-6-. The maximum atomic E-state index is 12.2. The van der Waals surface area contributed by atoms with Crippen LogP contribution in [0, 0.1) is 0 Å². The lowest BCUT2D eigenvalue weighted by Gasteiger charge is -2.18. The van der Waals surface area contributed by atoms with Crippen LogP contribution in [0.3, 0.4) is 0 Å². The molecule has 1 aliphatic rings. The molecule has 1 amide bonds. The fourth-order valence-electron chi connectivity index (χ4n) is 1.67. The van der Waals surface area contributed by atoms with Crippen LogP contribution in [-0.2, 0) is 9.59 Å². The van der Waals surface area contributed by atoms with Crippen molar-refractivity contribution in [2.24, 2.45) is 0 Å². The first-order chi connectivity index (χ1) is 9.40. The lowest BCUT2D eigenvalue weighted by Crippen LogP contribution is -2.41. The average molecular weight is 372 g/mol. The van der Waals surface area contributed by atoms with E-state index < -0.39 is 12.0 Å². The van der Waals surface area contributed by atoms with Crippen molar-refractivity contribution in [3.05, 3.63) is 39.2 Å². The molecule has 104 valence electrons. The number of nitrogens with zero attached hydrogens (tertiary/aromatic N) is 1. The van der Waals surface area contributed by atoms with Gasteiger partial charge in [0.1, 0.15) is 10.4 Å². The summed E-state index contributed by atoms with van der Waals surface area (Å²) in [6.07, 6.45) is 1.71. The van der Waals surface area contributed by atoms with Crippen molar-refractivity contribution in [1.82, 2.24) is 4.90 Å². The topological polar surface area (TPSA) is 57.6 Å². The Balaban J connectivity index is 2.30. The Kier molecular flexibility index (Phi) is 4.62. The number of halogens is 1. The lowest BCUT2D eigenvalue weighted by molar-refractivity contribution is -0.144. The van der Waals surface area contributed by atoms with E-state index >= 15 is 0 Å². The zero-order valence-corrected chi connectivity index (χ0v) is 13.6. The van der Waals surface area contributed by atoms with Gasteiger partial charge < -0.3 is 5.11 Å². The minimum Gasteiger partial charge on any atom is -0.480 e. The van der Waals surface area contributed by atoms with Crippen molar-refractivity contribution < 1.29 is 14.7 Å². The molecule has 0 spiro atoms. The summed E-state index contributed by atoms with van der Waals surface area (Å²) in [7, 11) is 0. The van der Waals surface area contributed by atoms with Gasteiger partial charge in [-0.25, -0.2) is 4.79 Å². The second-order valence-corrected chi connectivity index (χ2v) is 6.71. The van der Waals surface area contributed by atoms with Gasteiger partial charge in [0.15, 0.2) is 0 Å². The Hall–Kier alpha value is -1.18. The first-order valence-electron chi connectivity index (χ1n) is 5.65. The molecule has 1 aromatic rings. The third-order valence-corrected chi connectivity index (χ3v) is 4.54. The molecule has 7 heteroatoms. The second-order valence-electron chi connectivity index (χ2n) is 4.12. The second kappa shape index (κ2) is 6.07. The number of carbonyl (C=O) groups excluding carboxylic acids is 1. The molecule has 0 radical (unpaired) electrons. The van der Waals surface area contributed by atoms with Gasteiger partial charge in [0.2, 0.25) is 0 Å². The fraction of sp³-hybridized carbons (Fsp3) is 0.154. The number of carbonyl (C=O) groups is 2. The number of rotatable bonds is 3. The van der Waals surface area contributed by atoms with Crippen LogP contribution in [-0.4, -0.2) is 32.2 Å². The van der Waals surface area contributed by atoms with Crippen LogP contribution >= 0.6 is 39.9 Å².